The number of ether oxygens (including phenoxy) is 1. The molecule has 19 heavy (non-hydrogen) atoms. The molecule has 1 aromatic rings. The van der Waals surface area contributed by atoms with Crippen molar-refractivity contribution in [3.63, 3.8) is 0 Å². The lowest BCUT2D eigenvalue weighted by Crippen LogP contribution is -2.21. The maximum absolute atomic E-state index is 5.82. The Morgan fingerprint density at radius 1 is 1.21 bits per heavy atom. The number of benzene rings is 1. The molecule has 1 aliphatic rings. The maximum atomic E-state index is 5.82. The number of hydrogen-bond donors (Lipinski definition) is 2. The molecule has 0 spiro atoms. The number of hydrogen-bond acceptors (Lipinski definition) is 3. The van der Waals surface area contributed by atoms with Gasteiger partial charge in [0.15, 0.2) is 0 Å². The van der Waals surface area contributed by atoms with Crippen LogP contribution in [0.1, 0.15) is 39.0 Å². The summed E-state index contributed by atoms with van der Waals surface area (Å²) in [6, 6.07) is 5.90. The highest BCUT2D eigenvalue weighted by Gasteiger charge is 2.19. The van der Waals surface area contributed by atoms with Gasteiger partial charge in [0.1, 0.15) is 5.75 Å². The third kappa shape index (κ3) is 3.79. The molecule has 0 radical (unpaired) electrons. The summed E-state index contributed by atoms with van der Waals surface area (Å²) in [5.74, 6) is 2.53. The molecule has 1 aromatic carbocycles. The largest absolute Gasteiger partial charge is 0.495 e. The van der Waals surface area contributed by atoms with Gasteiger partial charge in [-0.1, -0.05) is 26.2 Å². The first-order chi connectivity index (χ1) is 9.22. The van der Waals surface area contributed by atoms with Crippen LogP contribution in [-0.2, 0) is 0 Å². The normalized spacial score (nSPS) is 23.1. The van der Waals surface area contributed by atoms with Crippen LogP contribution >= 0.6 is 0 Å². The fourth-order valence-electron chi connectivity index (χ4n) is 2.93. The molecule has 0 aliphatic heterocycles. The van der Waals surface area contributed by atoms with E-state index in [9.17, 15) is 0 Å². The Balaban J connectivity index is 1.82. The molecule has 3 heteroatoms. The van der Waals surface area contributed by atoms with E-state index in [1.807, 2.05) is 18.2 Å². The van der Waals surface area contributed by atoms with Crippen LogP contribution in [0.3, 0.4) is 0 Å². The van der Waals surface area contributed by atoms with Crippen LogP contribution in [0.4, 0.5) is 11.4 Å². The van der Waals surface area contributed by atoms with Crippen LogP contribution in [0.15, 0.2) is 18.2 Å². The van der Waals surface area contributed by atoms with E-state index in [-0.39, 0.29) is 0 Å². The topological polar surface area (TPSA) is 47.3 Å². The van der Waals surface area contributed by atoms with Gasteiger partial charge in [-0.15, -0.1) is 0 Å². The Labute approximate surface area is 116 Å². The predicted octanol–water partition coefficient (Wildman–Crippen LogP) is 3.91. The molecule has 0 saturated heterocycles. The van der Waals surface area contributed by atoms with Gasteiger partial charge in [-0.2, -0.15) is 0 Å². The van der Waals surface area contributed by atoms with Gasteiger partial charge < -0.3 is 15.8 Å². The summed E-state index contributed by atoms with van der Waals surface area (Å²) < 4.78 is 5.24. The van der Waals surface area contributed by atoms with Crippen molar-refractivity contribution in [1.82, 2.24) is 0 Å². The van der Waals surface area contributed by atoms with Crippen LogP contribution < -0.4 is 15.8 Å². The number of anilines is 2. The fourth-order valence-corrected chi connectivity index (χ4v) is 2.93. The second-order valence-electron chi connectivity index (χ2n) is 5.63. The minimum Gasteiger partial charge on any atom is -0.495 e. The van der Waals surface area contributed by atoms with E-state index in [0.29, 0.717) is 5.69 Å². The van der Waals surface area contributed by atoms with Gasteiger partial charge in [0.25, 0.3) is 0 Å². The number of nitrogen functional groups attached to an aromatic ring is 1. The van der Waals surface area contributed by atoms with Gasteiger partial charge in [-0.05, 0) is 36.8 Å². The van der Waals surface area contributed by atoms with E-state index in [1.165, 1.54) is 32.1 Å². The van der Waals surface area contributed by atoms with E-state index in [1.54, 1.807) is 7.11 Å². The van der Waals surface area contributed by atoms with E-state index >= 15 is 0 Å². The lowest BCUT2D eigenvalue weighted by molar-refractivity contribution is 0.278. The average molecular weight is 262 g/mol. The molecule has 106 valence electrons. The SMILES string of the molecule is CCC1CCC(CNc2ccc(N)c(OC)c2)CC1. The smallest absolute Gasteiger partial charge is 0.143 e. The van der Waals surface area contributed by atoms with Gasteiger partial charge in [0.05, 0.1) is 12.8 Å². The first kappa shape index (κ1) is 14.0. The number of methoxy groups -OCH3 is 1. The molecule has 0 aromatic heterocycles. The summed E-state index contributed by atoms with van der Waals surface area (Å²) in [6.07, 6.45) is 6.85. The van der Waals surface area contributed by atoms with Gasteiger partial charge in [-0.3, -0.25) is 0 Å². The van der Waals surface area contributed by atoms with Crippen molar-refractivity contribution in [3.05, 3.63) is 18.2 Å². The first-order valence-electron chi connectivity index (χ1n) is 7.40. The number of nitrogens with two attached hydrogens (primary N) is 1. The van der Waals surface area contributed by atoms with Gasteiger partial charge in [-0.25, -0.2) is 0 Å². The highest BCUT2D eigenvalue weighted by Crippen LogP contribution is 2.31. The standard InChI is InChI=1S/C16H26N2O/c1-3-12-4-6-13(7-5-12)11-18-14-8-9-15(17)16(10-14)19-2/h8-10,12-13,18H,3-7,11,17H2,1-2H3. The zero-order valence-corrected chi connectivity index (χ0v) is 12.1. The van der Waals surface area contributed by atoms with E-state index in [2.05, 4.69) is 12.2 Å². The Morgan fingerprint density at radius 3 is 2.53 bits per heavy atom. The zero-order valence-electron chi connectivity index (χ0n) is 12.1. The highest BCUT2D eigenvalue weighted by molar-refractivity contribution is 5.61. The van der Waals surface area contributed by atoms with Crippen molar-refractivity contribution in [2.45, 2.75) is 39.0 Å². The van der Waals surface area contributed by atoms with E-state index in [4.69, 9.17) is 10.5 Å². The molecule has 0 heterocycles. The minimum absolute atomic E-state index is 0.691. The molecule has 3 N–H and O–H groups in total. The summed E-state index contributed by atoms with van der Waals surface area (Å²) in [5, 5.41) is 3.51. The van der Waals surface area contributed by atoms with E-state index < -0.39 is 0 Å². The second-order valence-corrected chi connectivity index (χ2v) is 5.63. The van der Waals surface area contributed by atoms with Gasteiger partial charge in [0.2, 0.25) is 0 Å². The zero-order chi connectivity index (χ0) is 13.7. The second kappa shape index (κ2) is 6.69. The molecule has 3 nitrogen and oxygen atoms in total. The van der Waals surface area contributed by atoms with Crippen LogP contribution in [0.5, 0.6) is 5.75 Å². The summed E-state index contributed by atoms with van der Waals surface area (Å²) in [4.78, 5) is 0. The molecule has 0 atom stereocenters. The molecule has 0 unspecified atom stereocenters. The summed E-state index contributed by atoms with van der Waals surface area (Å²) >= 11 is 0. The Bertz CT molecular complexity index is 398. The van der Waals surface area contributed by atoms with Gasteiger partial charge in [0, 0.05) is 18.3 Å². The molecule has 0 bridgehead atoms. The highest BCUT2D eigenvalue weighted by atomic mass is 16.5. The Kier molecular flexibility index (Phi) is 4.94. The summed E-state index contributed by atoms with van der Waals surface area (Å²) in [5.41, 5.74) is 7.61. The third-order valence-electron chi connectivity index (χ3n) is 4.37. The molecule has 1 aliphatic carbocycles. The van der Waals surface area contributed by atoms with Crippen molar-refractivity contribution in [3.8, 4) is 5.75 Å². The third-order valence-corrected chi connectivity index (χ3v) is 4.37. The van der Waals surface area contributed by atoms with Crippen molar-refractivity contribution in [1.29, 1.82) is 0 Å². The molecule has 2 rings (SSSR count). The summed E-state index contributed by atoms with van der Waals surface area (Å²) in [7, 11) is 1.65. The first-order valence-corrected chi connectivity index (χ1v) is 7.40. The predicted molar refractivity (Wildman–Crippen MR) is 81.6 cm³/mol. The van der Waals surface area contributed by atoms with Gasteiger partial charge >= 0.3 is 0 Å². The molecule has 0 amide bonds. The van der Waals surface area contributed by atoms with Crippen LogP contribution in [-0.4, -0.2) is 13.7 Å². The lowest BCUT2D eigenvalue weighted by Gasteiger charge is -2.28. The molecule has 1 fully saturated rings. The molecular formula is C16H26N2O. The fraction of sp³-hybridized carbons (Fsp3) is 0.625. The van der Waals surface area contributed by atoms with Crippen molar-refractivity contribution < 1.29 is 4.74 Å². The Hall–Kier alpha value is -1.38. The van der Waals surface area contributed by atoms with Crippen molar-refractivity contribution in [2.24, 2.45) is 11.8 Å². The Morgan fingerprint density at radius 2 is 1.89 bits per heavy atom. The number of nitrogens with one attached hydrogen (secondary N) is 1. The molecule has 1 saturated carbocycles. The summed E-state index contributed by atoms with van der Waals surface area (Å²) in [6.45, 7) is 3.37. The van der Waals surface area contributed by atoms with Crippen LogP contribution in [0, 0.1) is 11.8 Å². The van der Waals surface area contributed by atoms with Crippen molar-refractivity contribution >= 4 is 11.4 Å². The monoisotopic (exact) mass is 262 g/mol. The molecular weight excluding hydrogens is 236 g/mol. The van der Waals surface area contributed by atoms with Crippen LogP contribution in [0.2, 0.25) is 0 Å². The van der Waals surface area contributed by atoms with E-state index in [0.717, 1.165) is 29.8 Å². The number of rotatable bonds is 5. The van der Waals surface area contributed by atoms with Crippen LogP contribution in [0.25, 0.3) is 0 Å². The lowest BCUT2D eigenvalue weighted by atomic mass is 9.81. The average Bonchev–Trinajstić information content (AvgIpc) is 2.47. The minimum atomic E-state index is 0.691. The maximum Gasteiger partial charge on any atom is 0.143 e. The van der Waals surface area contributed by atoms with Crippen molar-refractivity contribution in [2.75, 3.05) is 24.7 Å². The quantitative estimate of drug-likeness (QED) is 0.791.